The lowest BCUT2D eigenvalue weighted by Gasteiger charge is -2.31. The van der Waals surface area contributed by atoms with E-state index in [0.717, 1.165) is 21.2 Å². The van der Waals surface area contributed by atoms with Crippen LogP contribution in [0.4, 0.5) is 0 Å². The Labute approximate surface area is 275 Å². The zero-order valence-corrected chi connectivity index (χ0v) is 26.8. The van der Waals surface area contributed by atoms with Gasteiger partial charge in [-0.2, -0.15) is 0 Å². The Morgan fingerprint density at radius 3 is 2.63 bits per heavy atom. The Kier molecular flexibility index (Phi) is 9.72. The lowest BCUT2D eigenvalue weighted by molar-refractivity contribution is -0.130. The topological polar surface area (TPSA) is 120 Å². The number of aliphatic hydroxyl groups is 1. The lowest BCUT2D eigenvalue weighted by atomic mass is 9.82. The van der Waals surface area contributed by atoms with Crippen molar-refractivity contribution in [2.24, 2.45) is 4.99 Å². The van der Waals surface area contributed by atoms with Crippen LogP contribution in [-0.2, 0) is 22.5 Å². The SMILES string of the molecule is COc1cccc([C@@H]2OC(c3ccc(OCCCO)cc3)=N[C@]2(Cc2ccccc2Br)C(=O)NNCc2ccc3c(c2)OCO3)c1. The standard InChI is InChI=1S/C35H34BrN3O7/c1-42-28-8-4-7-25(19-28)32-35(20-26-6-2-3-9-29(26)36,34(41)39-37-21-23-10-15-30-31(18-23)45-22-44-30)38-33(46-32)24-11-13-27(14-12-24)43-17-5-16-40/h2-4,6-15,18-19,32,37,40H,5,16-17,20-22H2,1H3,(H,39,41)/t32-,35-/m0/s1. The number of hydrogen-bond acceptors (Lipinski definition) is 9. The number of aliphatic imine (C=N–C) groups is 1. The number of hydrazine groups is 1. The van der Waals surface area contributed by atoms with E-state index in [0.29, 0.717) is 54.0 Å². The number of nitrogens with one attached hydrogen (secondary N) is 2. The highest BCUT2D eigenvalue weighted by molar-refractivity contribution is 9.10. The summed E-state index contributed by atoms with van der Waals surface area (Å²) in [4.78, 5) is 19.6. The summed E-state index contributed by atoms with van der Waals surface area (Å²) in [6.45, 7) is 0.986. The van der Waals surface area contributed by atoms with E-state index in [2.05, 4.69) is 26.8 Å². The summed E-state index contributed by atoms with van der Waals surface area (Å²) < 4.78 is 29.6. The predicted octanol–water partition coefficient (Wildman–Crippen LogP) is 5.27. The minimum absolute atomic E-state index is 0.0572. The number of halogens is 1. The first kappa shape index (κ1) is 31.4. The van der Waals surface area contributed by atoms with Gasteiger partial charge in [-0.15, -0.1) is 0 Å². The highest BCUT2D eigenvalue weighted by Gasteiger charge is 2.53. The molecule has 2 aliphatic heterocycles. The van der Waals surface area contributed by atoms with Crippen LogP contribution in [0.5, 0.6) is 23.0 Å². The zero-order valence-electron chi connectivity index (χ0n) is 25.2. The van der Waals surface area contributed by atoms with Crippen LogP contribution in [0.15, 0.2) is 100 Å². The molecule has 6 rings (SSSR count). The maximum atomic E-state index is 14.5. The molecule has 0 radical (unpaired) electrons. The van der Waals surface area contributed by atoms with Crippen LogP contribution < -0.4 is 29.8 Å². The minimum Gasteiger partial charge on any atom is -0.497 e. The molecule has 0 saturated heterocycles. The predicted molar refractivity (Wildman–Crippen MR) is 175 cm³/mol. The van der Waals surface area contributed by atoms with Gasteiger partial charge in [0.15, 0.2) is 23.1 Å². The number of hydrogen-bond donors (Lipinski definition) is 3. The molecule has 2 atom stereocenters. The van der Waals surface area contributed by atoms with E-state index >= 15 is 0 Å². The van der Waals surface area contributed by atoms with Crippen molar-refractivity contribution < 1.29 is 33.6 Å². The summed E-state index contributed by atoms with van der Waals surface area (Å²) in [5.74, 6) is 2.61. The Hall–Kier alpha value is -4.58. The lowest BCUT2D eigenvalue weighted by Crippen LogP contribution is -2.53. The number of amides is 1. The molecular weight excluding hydrogens is 654 g/mol. The van der Waals surface area contributed by atoms with Gasteiger partial charge in [-0.3, -0.25) is 10.2 Å². The van der Waals surface area contributed by atoms with Gasteiger partial charge < -0.3 is 28.8 Å². The van der Waals surface area contributed by atoms with Gasteiger partial charge in [0.25, 0.3) is 5.91 Å². The van der Waals surface area contributed by atoms with Gasteiger partial charge in [-0.1, -0.05) is 52.3 Å². The van der Waals surface area contributed by atoms with Gasteiger partial charge >= 0.3 is 0 Å². The summed E-state index contributed by atoms with van der Waals surface area (Å²) in [6, 6.07) is 28.2. The van der Waals surface area contributed by atoms with Crippen molar-refractivity contribution in [3.05, 3.63) is 118 Å². The second-order valence-electron chi connectivity index (χ2n) is 10.8. The second-order valence-corrected chi connectivity index (χ2v) is 11.7. The molecule has 0 aliphatic carbocycles. The van der Waals surface area contributed by atoms with E-state index in [-0.39, 0.29) is 25.7 Å². The molecule has 3 N–H and O–H groups in total. The summed E-state index contributed by atoms with van der Waals surface area (Å²) in [7, 11) is 1.60. The molecule has 1 amide bonds. The molecule has 4 aromatic carbocycles. The van der Waals surface area contributed by atoms with Gasteiger partial charge in [-0.25, -0.2) is 10.4 Å². The molecule has 4 aromatic rings. The highest BCUT2D eigenvalue weighted by Crippen LogP contribution is 2.44. The maximum Gasteiger partial charge on any atom is 0.266 e. The molecule has 238 valence electrons. The number of carbonyl (C=O) groups is 1. The first-order valence-corrected chi connectivity index (χ1v) is 15.7. The molecule has 11 heteroatoms. The van der Waals surface area contributed by atoms with E-state index in [9.17, 15) is 4.79 Å². The van der Waals surface area contributed by atoms with Crippen molar-refractivity contribution in [2.75, 3.05) is 27.1 Å². The molecular formula is C35H34BrN3O7. The van der Waals surface area contributed by atoms with Gasteiger partial charge in [0.2, 0.25) is 12.7 Å². The Morgan fingerprint density at radius 1 is 1.00 bits per heavy atom. The average Bonchev–Trinajstić information content (AvgIpc) is 3.72. The maximum absolute atomic E-state index is 14.5. The smallest absolute Gasteiger partial charge is 0.266 e. The number of aliphatic hydroxyl groups excluding tert-OH is 1. The highest BCUT2D eigenvalue weighted by atomic mass is 79.9. The monoisotopic (exact) mass is 687 g/mol. The quantitative estimate of drug-likeness (QED) is 0.129. The average molecular weight is 689 g/mol. The number of benzene rings is 4. The van der Waals surface area contributed by atoms with E-state index in [4.69, 9.17) is 33.8 Å². The molecule has 2 aliphatic rings. The number of ether oxygens (including phenoxy) is 5. The zero-order chi connectivity index (χ0) is 31.9. The number of rotatable bonds is 13. The summed E-state index contributed by atoms with van der Waals surface area (Å²) in [5.41, 5.74) is 7.82. The van der Waals surface area contributed by atoms with Crippen LogP contribution in [0, 0.1) is 0 Å². The largest absolute Gasteiger partial charge is 0.497 e. The third kappa shape index (κ3) is 6.81. The van der Waals surface area contributed by atoms with Crippen LogP contribution in [0.3, 0.4) is 0 Å². The summed E-state index contributed by atoms with van der Waals surface area (Å²) in [5, 5.41) is 9.08. The first-order valence-electron chi connectivity index (χ1n) is 14.9. The molecule has 0 saturated carbocycles. The van der Waals surface area contributed by atoms with Crippen molar-refractivity contribution in [3.8, 4) is 23.0 Å². The Bertz CT molecular complexity index is 1710. The van der Waals surface area contributed by atoms with E-state index in [1.54, 1.807) is 7.11 Å². The molecule has 10 nitrogen and oxygen atoms in total. The minimum atomic E-state index is -1.41. The summed E-state index contributed by atoms with van der Waals surface area (Å²) >= 11 is 3.67. The van der Waals surface area contributed by atoms with Crippen LogP contribution in [-0.4, -0.2) is 49.6 Å². The number of carbonyl (C=O) groups excluding carboxylic acids is 1. The molecule has 0 spiro atoms. The van der Waals surface area contributed by atoms with Crippen molar-refractivity contribution in [2.45, 2.75) is 31.0 Å². The normalized spacial score (nSPS) is 18.1. The van der Waals surface area contributed by atoms with Crippen LogP contribution >= 0.6 is 15.9 Å². The Morgan fingerprint density at radius 2 is 1.83 bits per heavy atom. The van der Waals surface area contributed by atoms with E-state index in [1.807, 2.05) is 91.0 Å². The van der Waals surface area contributed by atoms with Gasteiger partial charge in [-0.05, 0) is 71.3 Å². The van der Waals surface area contributed by atoms with Crippen LogP contribution in [0.25, 0.3) is 0 Å². The fraction of sp³-hybridized carbons (Fsp3) is 0.257. The Balaban J connectivity index is 1.35. The molecule has 0 unspecified atom stereocenters. The first-order chi connectivity index (χ1) is 22.5. The fourth-order valence-electron chi connectivity index (χ4n) is 5.40. The van der Waals surface area contributed by atoms with Crippen molar-refractivity contribution >= 4 is 27.7 Å². The molecule has 2 heterocycles. The third-order valence-electron chi connectivity index (χ3n) is 7.78. The van der Waals surface area contributed by atoms with Crippen molar-refractivity contribution in [1.82, 2.24) is 10.9 Å². The van der Waals surface area contributed by atoms with Gasteiger partial charge in [0.1, 0.15) is 11.5 Å². The van der Waals surface area contributed by atoms with E-state index < -0.39 is 11.6 Å². The van der Waals surface area contributed by atoms with Gasteiger partial charge in [0, 0.05) is 36.0 Å². The number of fused-ring (bicyclic) bond motifs is 1. The van der Waals surface area contributed by atoms with Crippen LogP contribution in [0.1, 0.15) is 34.8 Å². The molecule has 0 fully saturated rings. The fourth-order valence-corrected chi connectivity index (χ4v) is 5.83. The molecule has 46 heavy (non-hydrogen) atoms. The van der Waals surface area contributed by atoms with Crippen molar-refractivity contribution in [3.63, 3.8) is 0 Å². The van der Waals surface area contributed by atoms with Gasteiger partial charge in [0.05, 0.1) is 13.7 Å². The second kappa shape index (κ2) is 14.2. The summed E-state index contributed by atoms with van der Waals surface area (Å²) in [6.07, 6.45) is -0.0213. The van der Waals surface area contributed by atoms with E-state index in [1.165, 1.54) is 0 Å². The molecule has 0 aromatic heterocycles. The number of methoxy groups -OCH3 is 1. The molecule has 0 bridgehead atoms. The van der Waals surface area contributed by atoms with Crippen molar-refractivity contribution in [1.29, 1.82) is 0 Å². The third-order valence-corrected chi connectivity index (χ3v) is 8.55. The van der Waals surface area contributed by atoms with Crippen LogP contribution in [0.2, 0.25) is 0 Å². The number of nitrogens with zero attached hydrogens (tertiary/aromatic N) is 1.